The second-order valence-electron chi connectivity index (χ2n) is 4.38. The van der Waals surface area contributed by atoms with Gasteiger partial charge in [0.1, 0.15) is 21.8 Å². The lowest BCUT2D eigenvalue weighted by atomic mass is 10.3. The Balaban J connectivity index is 1.67. The van der Waals surface area contributed by atoms with Crippen molar-refractivity contribution in [1.29, 1.82) is 0 Å². The van der Waals surface area contributed by atoms with E-state index >= 15 is 0 Å². The van der Waals surface area contributed by atoms with E-state index in [1.807, 2.05) is 13.2 Å². The first-order valence-corrected chi connectivity index (χ1v) is 9.31. The molecular weight excluding hydrogens is 354 g/mol. The lowest BCUT2D eigenvalue weighted by Crippen LogP contribution is -1.84. The van der Waals surface area contributed by atoms with Crippen LogP contribution in [0.25, 0.3) is 21.8 Å². The summed E-state index contributed by atoms with van der Waals surface area (Å²) in [6, 6.07) is 1.80. The standard InChI is InChI=1S/C13H9N5O2S3/c1-6-7(3-4-19-6)10-17-18-12(20-10)23-11-8-9(14-5-15-11)16-13(21-2)22-8/h3-5H,1-2H3. The molecule has 4 rings (SSSR count). The molecule has 0 aliphatic rings. The zero-order valence-corrected chi connectivity index (χ0v) is 14.5. The molecule has 0 aliphatic heterocycles. The molecule has 0 atom stereocenters. The van der Waals surface area contributed by atoms with Gasteiger partial charge in [0.25, 0.3) is 11.1 Å². The van der Waals surface area contributed by atoms with Crippen LogP contribution in [0.4, 0.5) is 0 Å². The minimum absolute atomic E-state index is 0.416. The monoisotopic (exact) mass is 363 g/mol. The number of aromatic nitrogens is 5. The first kappa shape index (κ1) is 14.7. The topological polar surface area (TPSA) is 90.7 Å². The van der Waals surface area contributed by atoms with E-state index < -0.39 is 0 Å². The molecule has 0 amide bonds. The highest BCUT2D eigenvalue weighted by Gasteiger charge is 2.17. The molecule has 7 nitrogen and oxygen atoms in total. The van der Waals surface area contributed by atoms with Crippen molar-refractivity contribution in [2.45, 2.75) is 21.5 Å². The van der Waals surface area contributed by atoms with Crippen LogP contribution in [0, 0.1) is 6.92 Å². The average molecular weight is 363 g/mol. The van der Waals surface area contributed by atoms with Crippen LogP contribution in [-0.4, -0.2) is 31.4 Å². The maximum absolute atomic E-state index is 5.69. The Morgan fingerprint density at radius 1 is 1.22 bits per heavy atom. The maximum atomic E-state index is 5.69. The molecule has 0 aromatic carbocycles. The third-order valence-electron chi connectivity index (χ3n) is 2.99. The smallest absolute Gasteiger partial charge is 0.283 e. The van der Waals surface area contributed by atoms with Crippen molar-refractivity contribution >= 4 is 45.2 Å². The van der Waals surface area contributed by atoms with Crippen LogP contribution in [0.15, 0.2) is 42.1 Å². The van der Waals surface area contributed by atoms with Gasteiger partial charge in [0.05, 0.1) is 11.8 Å². The number of thioether (sulfide) groups is 1. The van der Waals surface area contributed by atoms with Crippen molar-refractivity contribution in [3.63, 3.8) is 0 Å². The average Bonchev–Trinajstić information content (AvgIpc) is 3.26. The van der Waals surface area contributed by atoms with Gasteiger partial charge in [0.2, 0.25) is 0 Å². The Morgan fingerprint density at radius 2 is 2.13 bits per heavy atom. The molecule has 4 aromatic rings. The molecule has 4 aromatic heterocycles. The Bertz CT molecular complexity index is 977. The molecule has 0 N–H and O–H groups in total. The van der Waals surface area contributed by atoms with Crippen molar-refractivity contribution < 1.29 is 8.83 Å². The third-order valence-corrected chi connectivity index (χ3v) is 6.00. The van der Waals surface area contributed by atoms with Gasteiger partial charge in [-0.2, -0.15) is 0 Å². The van der Waals surface area contributed by atoms with Gasteiger partial charge in [-0.15, -0.1) is 21.5 Å². The number of aryl methyl sites for hydroxylation is 1. The number of hydrogen-bond acceptors (Lipinski definition) is 10. The van der Waals surface area contributed by atoms with Crippen LogP contribution in [0.2, 0.25) is 0 Å². The summed E-state index contributed by atoms with van der Waals surface area (Å²) in [4.78, 5) is 12.9. The largest absolute Gasteiger partial charge is 0.469 e. The first-order chi connectivity index (χ1) is 11.2. The van der Waals surface area contributed by atoms with Crippen molar-refractivity contribution in [3.05, 3.63) is 24.4 Å². The number of rotatable bonds is 4. The molecule has 0 radical (unpaired) electrons. The fourth-order valence-electron chi connectivity index (χ4n) is 1.92. The van der Waals surface area contributed by atoms with Crippen LogP contribution in [0.1, 0.15) is 5.76 Å². The number of fused-ring (bicyclic) bond motifs is 1. The number of hydrogen-bond donors (Lipinski definition) is 0. The van der Waals surface area contributed by atoms with Gasteiger partial charge >= 0.3 is 0 Å². The molecule has 0 saturated heterocycles. The molecular formula is C13H9N5O2S3. The summed E-state index contributed by atoms with van der Waals surface area (Å²) in [5.41, 5.74) is 1.47. The number of furan rings is 1. The number of thiazole rings is 1. The summed E-state index contributed by atoms with van der Waals surface area (Å²) < 4.78 is 12.8. The zero-order chi connectivity index (χ0) is 15.8. The van der Waals surface area contributed by atoms with Gasteiger partial charge in [0.15, 0.2) is 9.99 Å². The minimum atomic E-state index is 0.416. The van der Waals surface area contributed by atoms with Crippen LogP contribution < -0.4 is 0 Å². The van der Waals surface area contributed by atoms with Gasteiger partial charge in [-0.25, -0.2) is 15.0 Å². The highest BCUT2D eigenvalue weighted by Crippen LogP contribution is 2.36. The van der Waals surface area contributed by atoms with Crippen LogP contribution >= 0.6 is 34.9 Å². The van der Waals surface area contributed by atoms with Crippen LogP contribution in [0.3, 0.4) is 0 Å². The Labute approximate surface area is 142 Å². The number of nitrogens with zero attached hydrogens (tertiary/aromatic N) is 5. The quantitative estimate of drug-likeness (QED) is 0.395. The minimum Gasteiger partial charge on any atom is -0.469 e. The van der Waals surface area contributed by atoms with E-state index in [2.05, 4.69) is 25.1 Å². The van der Waals surface area contributed by atoms with Gasteiger partial charge in [-0.3, -0.25) is 0 Å². The second kappa shape index (κ2) is 5.95. The maximum Gasteiger partial charge on any atom is 0.283 e. The van der Waals surface area contributed by atoms with Crippen molar-refractivity contribution in [1.82, 2.24) is 25.1 Å². The Hall–Kier alpha value is -1.91. The molecule has 0 fully saturated rings. The van der Waals surface area contributed by atoms with Crippen molar-refractivity contribution in [2.75, 3.05) is 6.26 Å². The lowest BCUT2D eigenvalue weighted by molar-refractivity contribution is 0.463. The first-order valence-electron chi connectivity index (χ1n) is 6.46. The molecule has 23 heavy (non-hydrogen) atoms. The van der Waals surface area contributed by atoms with E-state index in [1.54, 1.807) is 35.4 Å². The molecule has 0 saturated carbocycles. The molecule has 0 bridgehead atoms. The molecule has 116 valence electrons. The molecule has 0 spiro atoms. The highest BCUT2D eigenvalue weighted by molar-refractivity contribution is 8.00. The third kappa shape index (κ3) is 2.73. The van der Waals surface area contributed by atoms with Crippen LogP contribution in [-0.2, 0) is 0 Å². The molecule has 0 aliphatic carbocycles. The van der Waals surface area contributed by atoms with E-state index in [9.17, 15) is 0 Å². The predicted octanol–water partition coefficient (Wildman–Crippen LogP) is 3.91. The summed E-state index contributed by atoms with van der Waals surface area (Å²) in [7, 11) is 0. The SMILES string of the molecule is CSc1nc2ncnc(Sc3nnc(-c4ccoc4C)o3)c2s1. The van der Waals surface area contributed by atoms with Gasteiger partial charge in [0, 0.05) is 0 Å². The van der Waals surface area contributed by atoms with Crippen molar-refractivity contribution in [3.8, 4) is 11.5 Å². The second-order valence-corrected chi connectivity index (χ2v) is 7.37. The lowest BCUT2D eigenvalue weighted by Gasteiger charge is -1.95. The summed E-state index contributed by atoms with van der Waals surface area (Å²) in [6.07, 6.45) is 5.07. The summed E-state index contributed by atoms with van der Waals surface area (Å²) in [5.74, 6) is 1.17. The van der Waals surface area contributed by atoms with Gasteiger partial charge < -0.3 is 8.83 Å². The van der Waals surface area contributed by atoms with Crippen LogP contribution in [0.5, 0.6) is 0 Å². The van der Waals surface area contributed by atoms with E-state index in [1.165, 1.54) is 18.1 Å². The summed E-state index contributed by atoms with van der Waals surface area (Å²) in [6.45, 7) is 1.85. The molecule has 4 heterocycles. The highest BCUT2D eigenvalue weighted by atomic mass is 32.2. The van der Waals surface area contributed by atoms with E-state index in [-0.39, 0.29) is 0 Å². The van der Waals surface area contributed by atoms with Crippen molar-refractivity contribution in [2.24, 2.45) is 0 Å². The van der Waals surface area contributed by atoms with Gasteiger partial charge in [-0.05, 0) is 31.0 Å². The summed E-state index contributed by atoms with van der Waals surface area (Å²) >= 11 is 4.44. The van der Waals surface area contributed by atoms with E-state index in [0.717, 1.165) is 25.4 Å². The Morgan fingerprint density at radius 3 is 2.91 bits per heavy atom. The summed E-state index contributed by atoms with van der Waals surface area (Å²) in [5, 5.41) is 9.30. The molecule has 0 unspecified atom stereocenters. The normalized spacial score (nSPS) is 11.4. The van der Waals surface area contributed by atoms with E-state index in [0.29, 0.717) is 16.8 Å². The fraction of sp³-hybridized carbons (Fsp3) is 0.154. The predicted molar refractivity (Wildman–Crippen MR) is 87.9 cm³/mol. The van der Waals surface area contributed by atoms with E-state index in [4.69, 9.17) is 8.83 Å². The Kier molecular flexibility index (Phi) is 3.79. The zero-order valence-electron chi connectivity index (χ0n) is 12.0. The van der Waals surface area contributed by atoms with Gasteiger partial charge in [-0.1, -0.05) is 11.8 Å². The molecule has 10 heteroatoms. The fourth-order valence-corrected chi connectivity index (χ4v) is 4.22.